The minimum absolute atomic E-state index is 0.0759. The molecule has 0 unspecified atom stereocenters. The van der Waals surface area contributed by atoms with Gasteiger partial charge in [-0.3, -0.25) is 9.36 Å². The van der Waals surface area contributed by atoms with E-state index in [0.717, 1.165) is 10.9 Å². The molecule has 0 saturated heterocycles. The van der Waals surface area contributed by atoms with Crippen molar-refractivity contribution in [1.29, 1.82) is 0 Å². The number of hydrogen-bond acceptors (Lipinski definition) is 5. The summed E-state index contributed by atoms with van der Waals surface area (Å²) in [4.78, 5) is 16.8. The number of anilines is 1. The summed E-state index contributed by atoms with van der Waals surface area (Å²) in [5, 5.41) is 5.56. The summed E-state index contributed by atoms with van der Waals surface area (Å²) < 4.78 is 3.35. The van der Waals surface area contributed by atoms with E-state index in [0.29, 0.717) is 23.4 Å². The topological polar surface area (TPSA) is 78.7 Å². The molecule has 0 fully saturated rings. The molecular weight excluding hydrogens is 250 g/mol. The molecule has 3 rings (SSSR count). The van der Waals surface area contributed by atoms with E-state index in [9.17, 15) is 4.79 Å². The maximum absolute atomic E-state index is 12.4. The van der Waals surface area contributed by atoms with E-state index in [1.165, 1.54) is 0 Å². The molecule has 3 heterocycles. The van der Waals surface area contributed by atoms with Crippen LogP contribution in [0.2, 0.25) is 0 Å². The second-order valence-corrected chi connectivity index (χ2v) is 6.43. The van der Waals surface area contributed by atoms with Crippen molar-refractivity contribution in [3.63, 3.8) is 0 Å². The Morgan fingerprint density at radius 3 is 2.78 bits per heavy atom. The molecule has 2 N–H and O–H groups in total. The largest absolute Gasteiger partial charge is 0.383 e. The summed E-state index contributed by atoms with van der Waals surface area (Å²) in [6, 6.07) is 0. The monoisotopic (exact) mass is 265 g/mol. The Morgan fingerprint density at radius 2 is 2.11 bits per heavy atom. The van der Waals surface area contributed by atoms with Gasteiger partial charge in [-0.25, -0.2) is 9.67 Å². The van der Waals surface area contributed by atoms with Crippen molar-refractivity contribution in [1.82, 2.24) is 19.3 Å². The van der Waals surface area contributed by atoms with Crippen LogP contribution in [-0.2, 0) is 12.1 Å². The molecule has 96 valence electrons. The number of nitrogens with two attached hydrogens (primary N) is 1. The highest BCUT2D eigenvalue weighted by molar-refractivity contribution is 7.99. The van der Waals surface area contributed by atoms with Gasteiger partial charge in [0.25, 0.3) is 5.56 Å². The van der Waals surface area contributed by atoms with Crippen LogP contribution in [0.15, 0.2) is 9.95 Å². The minimum Gasteiger partial charge on any atom is -0.383 e. The van der Waals surface area contributed by atoms with Crippen molar-refractivity contribution in [3.05, 3.63) is 10.4 Å². The van der Waals surface area contributed by atoms with Gasteiger partial charge in [-0.1, -0.05) is 11.8 Å². The minimum atomic E-state index is -0.264. The van der Waals surface area contributed by atoms with Crippen LogP contribution >= 0.6 is 11.8 Å². The number of nitrogens with zero attached hydrogens (tertiary/aromatic N) is 4. The lowest BCUT2D eigenvalue weighted by atomic mass is 10.1. The molecule has 0 radical (unpaired) electrons. The fourth-order valence-electron chi connectivity index (χ4n) is 2.12. The number of thioether (sulfide) groups is 1. The molecule has 1 aliphatic heterocycles. The lowest BCUT2D eigenvalue weighted by Crippen LogP contribution is -2.25. The van der Waals surface area contributed by atoms with Gasteiger partial charge in [0, 0.05) is 12.3 Å². The molecule has 7 heteroatoms. The average molecular weight is 265 g/mol. The Labute approximate surface area is 108 Å². The Balaban J connectivity index is 2.40. The van der Waals surface area contributed by atoms with E-state index < -0.39 is 0 Å². The molecule has 18 heavy (non-hydrogen) atoms. The van der Waals surface area contributed by atoms with E-state index in [4.69, 9.17) is 5.73 Å². The molecule has 1 aliphatic rings. The summed E-state index contributed by atoms with van der Waals surface area (Å²) in [5.41, 5.74) is 6.17. The molecule has 0 atom stereocenters. The maximum Gasteiger partial charge on any atom is 0.267 e. The summed E-state index contributed by atoms with van der Waals surface area (Å²) in [6.45, 7) is 6.68. The highest BCUT2D eigenvalue weighted by Crippen LogP contribution is 2.27. The van der Waals surface area contributed by atoms with Crippen LogP contribution in [0.5, 0.6) is 0 Å². The SMILES string of the molecule is CC(C)(C)n1nc2nc3n(c(=O)c2c1N)CCS3. The van der Waals surface area contributed by atoms with Gasteiger partial charge < -0.3 is 5.73 Å². The van der Waals surface area contributed by atoms with Crippen molar-refractivity contribution in [2.45, 2.75) is 38.0 Å². The number of aromatic nitrogens is 4. The number of nitrogen functional groups attached to an aromatic ring is 1. The normalized spacial score (nSPS) is 15.3. The molecule has 0 amide bonds. The zero-order valence-corrected chi connectivity index (χ0v) is 11.4. The highest BCUT2D eigenvalue weighted by Gasteiger charge is 2.25. The maximum atomic E-state index is 12.4. The van der Waals surface area contributed by atoms with Gasteiger partial charge in [0.1, 0.15) is 11.2 Å². The first-order chi connectivity index (χ1) is 8.39. The number of rotatable bonds is 0. The Bertz CT molecular complexity index is 694. The molecule has 0 aliphatic carbocycles. The molecule has 0 aromatic carbocycles. The van der Waals surface area contributed by atoms with Gasteiger partial charge in [0.05, 0.1) is 5.54 Å². The third-order valence-electron chi connectivity index (χ3n) is 2.98. The van der Waals surface area contributed by atoms with Crippen LogP contribution in [-0.4, -0.2) is 25.1 Å². The van der Waals surface area contributed by atoms with Crippen molar-refractivity contribution >= 4 is 28.6 Å². The molecule has 0 saturated carbocycles. The molecule has 6 nitrogen and oxygen atoms in total. The van der Waals surface area contributed by atoms with Gasteiger partial charge in [-0.05, 0) is 20.8 Å². The van der Waals surface area contributed by atoms with Crippen molar-refractivity contribution in [2.75, 3.05) is 11.5 Å². The molecule has 0 spiro atoms. The second-order valence-electron chi connectivity index (χ2n) is 5.37. The number of hydrogen-bond donors (Lipinski definition) is 1. The quantitative estimate of drug-likeness (QED) is 0.720. The lowest BCUT2D eigenvalue weighted by molar-refractivity contribution is 0.364. The lowest BCUT2D eigenvalue weighted by Gasteiger charge is -2.20. The first-order valence-electron chi connectivity index (χ1n) is 5.82. The van der Waals surface area contributed by atoms with Crippen molar-refractivity contribution in [3.8, 4) is 0 Å². The van der Waals surface area contributed by atoms with Crippen LogP contribution in [0, 0.1) is 0 Å². The first-order valence-corrected chi connectivity index (χ1v) is 6.80. The molecule has 2 aromatic heterocycles. The van der Waals surface area contributed by atoms with Crippen LogP contribution in [0.3, 0.4) is 0 Å². The third-order valence-corrected chi connectivity index (χ3v) is 3.93. The van der Waals surface area contributed by atoms with E-state index in [1.54, 1.807) is 21.0 Å². The smallest absolute Gasteiger partial charge is 0.267 e. The molecule has 2 aromatic rings. The zero-order valence-electron chi connectivity index (χ0n) is 10.6. The zero-order chi connectivity index (χ0) is 13.1. The van der Waals surface area contributed by atoms with E-state index in [1.807, 2.05) is 20.8 Å². The molecule has 0 bridgehead atoms. The van der Waals surface area contributed by atoms with Gasteiger partial charge in [-0.15, -0.1) is 5.10 Å². The van der Waals surface area contributed by atoms with E-state index in [2.05, 4.69) is 10.1 Å². The Kier molecular flexibility index (Phi) is 2.25. The van der Waals surface area contributed by atoms with Gasteiger partial charge >= 0.3 is 0 Å². The van der Waals surface area contributed by atoms with Gasteiger partial charge in [0.2, 0.25) is 0 Å². The Morgan fingerprint density at radius 1 is 1.39 bits per heavy atom. The van der Waals surface area contributed by atoms with Crippen LogP contribution < -0.4 is 11.3 Å². The van der Waals surface area contributed by atoms with E-state index >= 15 is 0 Å². The summed E-state index contributed by atoms with van der Waals surface area (Å²) in [6.07, 6.45) is 0. The van der Waals surface area contributed by atoms with Crippen LogP contribution in [0.25, 0.3) is 11.0 Å². The third kappa shape index (κ3) is 1.46. The van der Waals surface area contributed by atoms with Crippen molar-refractivity contribution in [2.24, 2.45) is 0 Å². The summed E-state index contributed by atoms with van der Waals surface area (Å²) in [5.74, 6) is 1.29. The fourth-order valence-corrected chi connectivity index (χ4v) is 3.06. The van der Waals surface area contributed by atoms with Crippen LogP contribution in [0.1, 0.15) is 20.8 Å². The predicted molar refractivity (Wildman–Crippen MR) is 71.9 cm³/mol. The van der Waals surface area contributed by atoms with Gasteiger partial charge in [-0.2, -0.15) is 0 Å². The first kappa shape index (κ1) is 11.6. The van der Waals surface area contributed by atoms with E-state index in [-0.39, 0.29) is 11.1 Å². The standard InChI is InChI=1S/C11H15N5OS/c1-11(2,3)16-7(12)6-8(14-16)13-10-15(9(6)17)4-5-18-10/h4-5,12H2,1-3H3. The average Bonchev–Trinajstić information content (AvgIpc) is 2.83. The molecular formula is C11H15N5OS. The summed E-state index contributed by atoms with van der Waals surface area (Å²) >= 11 is 1.58. The van der Waals surface area contributed by atoms with Gasteiger partial charge in [0.15, 0.2) is 10.8 Å². The Hall–Kier alpha value is -1.50. The second kappa shape index (κ2) is 3.50. The van der Waals surface area contributed by atoms with Crippen molar-refractivity contribution < 1.29 is 0 Å². The highest BCUT2D eigenvalue weighted by atomic mass is 32.2. The van der Waals surface area contributed by atoms with Crippen LogP contribution in [0.4, 0.5) is 5.82 Å². The fraction of sp³-hybridized carbons (Fsp3) is 0.545. The number of fused-ring (bicyclic) bond motifs is 2. The summed E-state index contributed by atoms with van der Waals surface area (Å²) in [7, 11) is 0. The predicted octanol–water partition coefficient (Wildman–Crippen LogP) is 1.04.